The molecule has 0 saturated carbocycles. The van der Waals surface area contributed by atoms with E-state index in [0.717, 1.165) is 28.9 Å². The molecule has 0 fully saturated rings. The summed E-state index contributed by atoms with van der Waals surface area (Å²) in [5, 5.41) is 4.77. The van der Waals surface area contributed by atoms with Gasteiger partial charge in [-0.1, -0.05) is 75.7 Å². The van der Waals surface area contributed by atoms with Crippen LogP contribution in [0.1, 0.15) is 51.7 Å². The van der Waals surface area contributed by atoms with Gasteiger partial charge in [0.1, 0.15) is 0 Å². The minimum atomic E-state index is -0.225. The standard InChI is InChI=1S/C26H32N2O2/c1-18-12-13-23(20(3)14-18)28-24(16-22(27-28)21-10-8-7-9-11-21)30-25(29)15-19(2)17-26(4,5)6/h7-14,16,19H,15,17H2,1-6H3. The van der Waals surface area contributed by atoms with Crippen LogP contribution in [0.3, 0.4) is 0 Å². The minimum absolute atomic E-state index is 0.182. The van der Waals surface area contributed by atoms with E-state index in [1.807, 2.05) is 55.5 Å². The maximum absolute atomic E-state index is 12.7. The fourth-order valence-electron chi connectivity index (χ4n) is 3.96. The van der Waals surface area contributed by atoms with Crippen molar-refractivity contribution in [2.45, 2.75) is 54.4 Å². The Hall–Kier alpha value is -2.88. The summed E-state index contributed by atoms with van der Waals surface area (Å²) in [7, 11) is 0. The van der Waals surface area contributed by atoms with Gasteiger partial charge in [-0.25, -0.2) is 0 Å². The number of aromatic nitrogens is 2. The highest BCUT2D eigenvalue weighted by molar-refractivity contribution is 5.73. The third-order valence-corrected chi connectivity index (χ3v) is 5.02. The number of rotatable bonds is 6. The molecule has 0 bridgehead atoms. The summed E-state index contributed by atoms with van der Waals surface area (Å²) in [5.74, 6) is 0.481. The van der Waals surface area contributed by atoms with Crippen LogP contribution in [0, 0.1) is 25.2 Å². The fraction of sp³-hybridized carbons (Fsp3) is 0.385. The molecule has 0 aliphatic carbocycles. The predicted octanol–water partition coefficient (Wildman–Crippen LogP) is 6.52. The van der Waals surface area contributed by atoms with Crippen LogP contribution in [-0.4, -0.2) is 15.7 Å². The average Bonchev–Trinajstić information content (AvgIpc) is 3.04. The third-order valence-electron chi connectivity index (χ3n) is 5.02. The zero-order chi connectivity index (χ0) is 21.9. The van der Waals surface area contributed by atoms with Crippen LogP contribution in [0.4, 0.5) is 0 Å². The molecule has 2 aromatic carbocycles. The first-order valence-corrected chi connectivity index (χ1v) is 10.6. The van der Waals surface area contributed by atoms with Crippen molar-refractivity contribution in [2.75, 3.05) is 0 Å². The van der Waals surface area contributed by atoms with Crippen molar-refractivity contribution >= 4 is 5.97 Å². The van der Waals surface area contributed by atoms with E-state index >= 15 is 0 Å². The van der Waals surface area contributed by atoms with Gasteiger partial charge < -0.3 is 4.74 Å². The van der Waals surface area contributed by atoms with E-state index in [1.165, 1.54) is 5.56 Å². The van der Waals surface area contributed by atoms with Gasteiger partial charge in [0.05, 0.1) is 11.4 Å². The van der Waals surface area contributed by atoms with Crippen molar-refractivity contribution in [3.05, 3.63) is 65.7 Å². The quantitative estimate of drug-likeness (QED) is 0.439. The number of carbonyl (C=O) groups excluding carboxylic acids is 1. The fourth-order valence-corrected chi connectivity index (χ4v) is 3.96. The molecule has 158 valence electrons. The summed E-state index contributed by atoms with van der Waals surface area (Å²) in [5.41, 5.74) is 5.12. The van der Waals surface area contributed by atoms with Gasteiger partial charge in [-0.05, 0) is 43.2 Å². The SMILES string of the molecule is Cc1ccc(-n2nc(-c3ccccc3)cc2OC(=O)CC(C)CC(C)(C)C)c(C)c1. The van der Waals surface area contributed by atoms with Crippen molar-refractivity contribution in [1.29, 1.82) is 0 Å². The zero-order valence-corrected chi connectivity index (χ0v) is 18.9. The Labute approximate surface area is 179 Å². The normalized spacial score (nSPS) is 12.6. The second-order valence-electron chi connectivity index (χ2n) is 9.48. The van der Waals surface area contributed by atoms with Crippen LogP contribution in [0.15, 0.2) is 54.6 Å². The molecular weight excluding hydrogens is 372 g/mol. The lowest BCUT2D eigenvalue weighted by Crippen LogP contribution is -2.18. The van der Waals surface area contributed by atoms with Crippen molar-refractivity contribution in [3.63, 3.8) is 0 Å². The van der Waals surface area contributed by atoms with E-state index in [0.29, 0.717) is 12.3 Å². The molecule has 1 unspecified atom stereocenters. The Morgan fingerprint density at radius 1 is 1.07 bits per heavy atom. The Morgan fingerprint density at radius 2 is 1.77 bits per heavy atom. The Kier molecular flexibility index (Phi) is 6.45. The molecule has 0 aliphatic rings. The van der Waals surface area contributed by atoms with Crippen molar-refractivity contribution < 1.29 is 9.53 Å². The van der Waals surface area contributed by atoms with E-state index in [-0.39, 0.29) is 17.3 Å². The first-order valence-electron chi connectivity index (χ1n) is 10.6. The number of esters is 1. The molecule has 1 heterocycles. The van der Waals surface area contributed by atoms with Gasteiger partial charge in [0.2, 0.25) is 5.88 Å². The number of aryl methyl sites for hydroxylation is 2. The Balaban J connectivity index is 1.92. The van der Waals surface area contributed by atoms with Gasteiger partial charge in [0, 0.05) is 18.1 Å². The number of hydrogen-bond acceptors (Lipinski definition) is 3. The van der Waals surface area contributed by atoms with Crippen molar-refractivity contribution in [2.24, 2.45) is 11.3 Å². The third kappa shape index (κ3) is 5.59. The Bertz CT molecular complexity index is 1010. The lowest BCUT2D eigenvalue weighted by molar-refractivity contribution is -0.135. The summed E-state index contributed by atoms with van der Waals surface area (Å²) in [6.07, 6.45) is 1.35. The highest BCUT2D eigenvalue weighted by atomic mass is 16.5. The largest absolute Gasteiger partial charge is 0.407 e. The number of carbonyl (C=O) groups is 1. The molecule has 0 N–H and O–H groups in total. The smallest absolute Gasteiger partial charge is 0.312 e. The van der Waals surface area contributed by atoms with Crippen LogP contribution < -0.4 is 4.74 Å². The van der Waals surface area contributed by atoms with E-state index in [1.54, 1.807) is 4.68 Å². The molecule has 3 rings (SSSR count). The van der Waals surface area contributed by atoms with Gasteiger partial charge in [-0.3, -0.25) is 4.79 Å². The molecule has 4 nitrogen and oxygen atoms in total. The molecule has 3 aromatic rings. The van der Waals surface area contributed by atoms with Crippen LogP contribution in [0.5, 0.6) is 5.88 Å². The molecule has 0 aliphatic heterocycles. The van der Waals surface area contributed by atoms with Gasteiger partial charge in [-0.15, -0.1) is 0 Å². The lowest BCUT2D eigenvalue weighted by Gasteiger charge is -2.22. The monoisotopic (exact) mass is 404 g/mol. The molecule has 30 heavy (non-hydrogen) atoms. The van der Waals surface area contributed by atoms with Gasteiger partial charge in [-0.2, -0.15) is 9.78 Å². The van der Waals surface area contributed by atoms with E-state index < -0.39 is 0 Å². The van der Waals surface area contributed by atoms with Crippen molar-refractivity contribution in [3.8, 4) is 22.8 Å². The van der Waals surface area contributed by atoms with E-state index in [9.17, 15) is 4.79 Å². The first-order chi connectivity index (χ1) is 14.1. The summed E-state index contributed by atoms with van der Waals surface area (Å²) in [6.45, 7) is 12.8. The van der Waals surface area contributed by atoms with Crippen LogP contribution in [-0.2, 0) is 4.79 Å². The predicted molar refractivity (Wildman–Crippen MR) is 122 cm³/mol. The summed E-state index contributed by atoms with van der Waals surface area (Å²) in [4.78, 5) is 12.7. The van der Waals surface area contributed by atoms with Gasteiger partial charge >= 0.3 is 5.97 Å². The lowest BCUT2D eigenvalue weighted by atomic mass is 9.84. The molecule has 0 saturated heterocycles. The zero-order valence-electron chi connectivity index (χ0n) is 18.9. The van der Waals surface area contributed by atoms with Gasteiger partial charge in [0.25, 0.3) is 0 Å². The summed E-state index contributed by atoms with van der Waals surface area (Å²) < 4.78 is 7.57. The molecular formula is C26H32N2O2. The van der Waals surface area contributed by atoms with Crippen LogP contribution in [0.2, 0.25) is 0 Å². The summed E-state index contributed by atoms with van der Waals surface area (Å²) in [6, 6.07) is 18.0. The number of hydrogen-bond donors (Lipinski definition) is 0. The van der Waals surface area contributed by atoms with Gasteiger partial charge in [0.15, 0.2) is 0 Å². The van der Waals surface area contributed by atoms with Crippen molar-refractivity contribution in [1.82, 2.24) is 9.78 Å². The average molecular weight is 405 g/mol. The molecule has 0 amide bonds. The molecule has 0 radical (unpaired) electrons. The summed E-state index contributed by atoms with van der Waals surface area (Å²) >= 11 is 0. The molecule has 1 atom stereocenters. The van der Waals surface area contributed by atoms with Crippen LogP contribution in [0.25, 0.3) is 16.9 Å². The number of ether oxygens (including phenoxy) is 1. The number of nitrogens with zero attached hydrogens (tertiary/aromatic N) is 2. The highest BCUT2D eigenvalue weighted by Crippen LogP contribution is 2.30. The maximum atomic E-state index is 12.7. The molecule has 4 heteroatoms. The second-order valence-corrected chi connectivity index (χ2v) is 9.48. The second kappa shape index (κ2) is 8.86. The topological polar surface area (TPSA) is 44.1 Å². The van der Waals surface area contributed by atoms with E-state index in [2.05, 4.69) is 40.7 Å². The Morgan fingerprint density at radius 3 is 2.40 bits per heavy atom. The molecule has 1 aromatic heterocycles. The maximum Gasteiger partial charge on any atom is 0.312 e. The van der Waals surface area contributed by atoms with Crippen LogP contribution >= 0.6 is 0 Å². The molecule has 0 spiro atoms. The van der Waals surface area contributed by atoms with E-state index in [4.69, 9.17) is 9.84 Å². The highest BCUT2D eigenvalue weighted by Gasteiger charge is 2.21. The first kappa shape index (κ1) is 21.8. The minimum Gasteiger partial charge on any atom is -0.407 e. The number of benzene rings is 2.